The van der Waals surface area contributed by atoms with Crippen molar-refractivity contribution in [2.75, 3.05) is 14.2 Å². The van der Waals surface area contributed by atoms with E-state index in [1.165, 1.54) is 11.3 Å². The van der Waals surface area contributed by atoms with Crippen molar-refractivity contribution >= 4 is 11.6 Å². The molecule has 2 aromatic heterocycles. The highest BCUT2D eigenvalue weighted by Crippen LogP contribution is 2.36. The van der Waals surface area contributed by atoms with Gasteiger partial charge in [0.25, 0.3) is 0 Å². The Hall–Kier alpha value is -2.57. The smallest absolute Gasteiger partial charge is 0.179 e. The van der Waals surface area contributed by atoms with Gasteiger partial charge in [-0.3, -0.25) is 0 Å². The van der Waals surface area contributed by atoms with E-state index in [2.05, 4.69) is 15.4 Å². The van der Waals surface area contributed by atoms with Gasteiger partial charge in [-0.25, -0.2) is 9.67 Å². The summed E-state index contributed by atoms with van der Waals surface area (Å²) in [6.07, 6.45) is 6.94. The molecule has 0 spiro atoms. The van der Waals surface area contributed by atoms with Crippen molar-refractivity contribution in [3.05, 3.63) is 64.6 Å². The molecule has 2 heterocycles. The summed E-state index contributed by atoms with van der Waals surface area (Å²) in [5.41, 5.74) is 3.52. The third kappa shape index (κ3) is 3.57. The van der Waals surface area contributed by atoms with Crippen LogP contribution in [0.1, 0.15) is 35.7 Å². The van der Waals surface area contributed by atoms with E-state index >= 15 is 0 Å². The summed E-state index contributed by atoms with van der Waals surface area (Å²) in [7, 11) is 3.20. The molecule has 0 unspecified atom stereocenters. The van der Waals surface area contributed by atoms with Gasteiger partial charge >= 0.3 is 0 Å². The zero-order chi connectivity index (χ0) is 19.5. The first-order valence-corrected chi connectivity index (χ1v) is 9.71. The Kier molecular flexibility index (Phi) is 5.50. The lowest BCUT2D eigenvalue weighted by Crippen LogP contribution is -2.25. The molecule has 146 valence electrons. The highest BCUT2D eigenvalue weighted by atomic mass is 35.5. The molecule has 28 heavy (non-hydrogen) atoms. The van der Waals surface area contributed by atoms with E-state index in [4.69, 9.17) is 21.1 Å². The molecule has 0 fully saturated rings. The molecule has 7 heteroatoms. The number of rotatable bonds is 6. The minimum atomic E-state index is 0.244. The Bertz CT molecular complexity index is 959. The molecule has 6 nitrogen and oxygen atoms in total. The molecule has 1 N–H and O–H groups in total. The number of pyridine rings is 1. The first-order chi connectivity index (χ1) is 13.7. The average Bonchev–Trinajstić information content (AvgIpc) is 3.17. The summed E-state index contributed by atoms with van der Waals surface area (Å²) in [6.45, 7) is 0.680. The van der Waals surface area contributed by atoms with Gasteiger partial charge in [0.05, 0.1) is 31.1 Å². The predicted molar refractivity (Wildman–Crippen MR) is 108 cm³/mol. The number of nitrogens with one attached hydrogen (secondary N) is 1. The van der Waals surface area contributed by atoms with E-state index in [1.54, 1.807) is 20.4 Å². The lowest BCUT2D eigenvalue weighted by Gasteiger charge is -2.24. The second kappa shape index (κ2) is 8.20. The molecule has 1 atom stereocenters. The SMILES string of the molecule is COc1cc(CN[C@H]2CCCc3c2cnn3-c2ccccn2)cc(Cl)c1OC. The molecule has 3 aromatic rings. The van der Waals surface area contributed by atoms with Gasteiger partial charge in [-0.15, -0.1) is 0 Å². The number of aromatic nitrogens is 3. The van der Waals surface area contributed by atoms with E-state index in [-0.39, 0.29) is 6.04 Å². The molecule has 0 saturated heterocycles. The van der Waals surface area contributed by atoms with Gasteiger partial charge in [-0.05, 0) is 49.1 Å². The Morgan fingerprint density at radius 2 is 2.14 bits per heavy atom. The number of benzene rings is 1. The number of methoxy groups -OCH3 is 2. The fourth-order valence-corrected chi connectivity index (χ4v) is 4.07. The van der Waals surface area contributed by atoms with Crippen molar-refractivity contribution in [3.8, 4) is 17.3 Å². The van der Waals surface area contributed by atoms with Crippen molar-refractivity contribution < 1.29 is 9.47 Å². The number of fused-ring (bicyclic) bond motifs is 1. The number of ether oxygens (including phenoxy) is 2. The van der Waals surface area contributed by atoms with Crippen molar-refractivity contribution in [1.29, 1.82) is 0 Å². The van der Waals surface area contributed by atoms with Gasteiger partial charge < -0.3 is 14.8 Å². The molecular formula is C21H23ClN4O2. The number of hydrogen-bond acceptors (Lipinski definition) is 5. The maximum atomic E-state index is 6.33. The van der Waals surface area contributed by atoms with Crippen molar-refractivity contribution in [2.24, 2.45) is 0 Å². The Labute approximate surface area is 169 Å². The molecule has 1 aromatic carbocycles. The predicted octanol–water partition coefficient (Wildman–Crippen LogP) is 4.11. The van der Waals surface area contributed by atoms with Crippen LogP contribution in [-0.4, -0.2) is 29.0 Å². The maximum absolute atomic E-state index is 6.33. The molecule has 0 aliphatic heterocycles. The van der Waals surface area contributed by atoms with Gasteiger partial charge in [-0.1, -0.05) is 17.7 Å². The summed E-state index contributed by atoms with van der Waals surface area (Å²) in [5, 5.41) is 8.79. The van der Waals surface area contributed by atoms with E-state index in [0.717, 1.165) is 30.6 Å². The van der Waals surface area contributed by atoms with Crippen LogP contribution in [0.25, 0.3) is 5.82 Å². The summed E-state index contributed by atoms with van der Waals surface area (Å²) >= 11 is 6.33. The van der Waals surface area contributed by atoms with Gasteiger partial charge in [0.15, 0.2) is 17.3 Å². The minimum Gasteiger partial charge on any atom is -0.493 e. The van der Waals surface area contributed by atoms with E-state index in [9.17, 15) is 0 Å². The van der Waals surface area contributed by atoms with Crippen LogP contribution >= 0.6 is 11.6 Å². The van der Waals surface area contributed by atoms with Crippen LogP contribution in [0, 0.1) is 0 Å². The third-order valence-electron chi connectivity index (χ3n) is 5.10. The van der Waals surface area contributed by atoms with Gasteiger partial charge in [0.1, 0.15) is 0 Å². The zero-order valence-corrected chi connectivity index (χ0v) is 16.7. The fourth-order valence-electron chi connectivity index (χ4n) is 3.76. The molecular weight excluding hydrogens is 376 g/mol. The van der Waals surface area contributed by atoms with Crippen LogP contribution in [-0.2, 0) is 13.0 Å². The summed E-state index contributed by atoms with van der Waals surface area (Å²) in [5.74, 6) is 2.06. The van der Waals surface area contributed by atoms with Crippen molar-refractivity contribution in [3.63, 3.8) is 0 Å². The Morgan fingerprint density at radius 1 is 1.25 bits per heavy atom. The standard InChI is InChI=1S/C21H23ClN4O2/c1-27-19-11-14(10-16(22)21(19)28-2)12-24-17-6-5-7-18-15(17)13-25-26(18)20-8-3-4-9-23-20/h3-4,8-11,13,17,24H,5-7,12H2,1-2H3/t17-/m0/s1. The molecule has 0 radical (unpaired) electrons. The molecule has 1 aliphatic rings. The normalized spacial score (nSPS) is 15.9. The van der Waals surface area contributed by atoms with Crippen molar-refractivity contribution in [2.45, 2.75) is 31.8 Å². The average molecular weight is 399 g/mol. The lowest BCUT2D eigenvalue weighted by atomic mass is 9.92. The van der Waals surface area contributed by atoms with Gasteiger partial charge in [0.2, 0.25) is 0 Å². The van der Waals surface area contributed by atoms with Gasteiger partial charge in [-0.2, -0.15) is 5.10 Å². The van der Waals surface area contributed by atoms with Crippen LogP contribution in [0.15, 0.2) is 42.7 Å². The lowest BCUT2D eigenvalue weighted by molar-refractivity contribution is 0.354. The topological polar surface area (TPSA) is 61.2 Å². The second-order valence-corrected chi connectivity index (χ2v) is 7.19. The molecule has 0 bridgehead atoms. The summed E-state index contributed by atoms with van der Waals surface area (Å²) in [6, 6.07) is 9.99. The maximum Gasteiger partial charge on any atom is 0.179 e. The van der Waals surface area contributed by atoms with E-state index < -0.39 is 0 Å². The van der Waals surface area contributed by atoms with Crippen LogP contribution < -0.4 is 14.8 Å². The minimum absolute atomic E-state index is 0.244. The molecule has 0 saturated carbocycles. The Balaban J connectivity index is 1.54. The molecule has 4 rings (SSSR count). The highest BCUT2D eigenvalue weighted by molar-refractivity contribution is 6.32. The van der Waals surface area contributed by atoms with E-state index in [1.807, 2.05) is 41.2 Å². The van der Waals surface area contributed by atoms with Gasteiger partial charge in [0, 0.05) is 24.3 Å². The fraction of sp³-hybridized carbons (Fsp3) is 0.333. The first kappa shape index (κ1) is 18.8. The highest BCUT2D eigenvalue weighted by Gasteiger charge is 2.25. The second-order valence-electron chi connectivity index (χ2n) is 6.79. The van der Waals surface area contributed by atoms with Crippen LogP contribution in [0.5, 0.6) is 11.5 Å². The van der Waals surface area contributed by atoms with Crippen LogP contribution in [0.4, 0.5) is 0 Å². The largest absolute Gasteiger partial charge is 0.493 e. The zero-order valence-electron chi connectivity index (χ0n) is 16.0. The van der Waals surface area contributed by atoms with Crippen LogP contribution in [0.2, 0.25) is 5.02 Å². The summed E-state index contributed by atoms with van der Waals surface area (Å²) < 4.78 is 12.7. The first-order valence-electron chi connectivity index (χ1n) is 9.33. The van der Waals surface area contributed by atoms with Crippen molar-refractivity contribution in [1.82, 2.24) is 20.1 Å². The number of halogens is 1. The number of hydrogen-bond donors (Lipinski definition) is 1. The van der Waals surface area contributed by atoms with E-state index in [0.29, 0.717) is 23.1 Å². The molecule has 0 amide bonds. The van der Waals surface area contributed by atoms with Crippen LogP contribution in [0.3, 0.4) is 0 Å². The third-order valence-corrected chi connectivity index (χ3v) is 5.38. The quantitative estimate of drug-likeness (QED) is 0.677. The summed E-state index contributed by atoms with van der Waals surface area (Å²) in [4.78, 5) is 4.43. The monoisotopic (exact) mass is 398 g/mol. The Morgan fingerprint density at radius 3 is 2.89 bits per heavy atom. The molecule has 1 aliphatic carbocycles. The number of nitrogens with zero attached hydrogens (tertiary/aromatic N) is 3.